The molecule has 0 saturated heterocycles. The van der Waals surface area contributed by atoms with Crippen LogP contribution in [0.4, 0.5) is 17.1 Å². The Morgan fingerprint density at radius 2 is 0.941 bits per heavy atom. The van der Waals surface area contributed by atoms with Crippen LogP contribution in [0.15, 0.2) is 36.4 Å². The summed E-state index contributed by atoms with van der Waals surface area (Å²) in [6, 6.07) is 7.77. The second-order valence-electron chi connectivity index (χ2n) is 7.83. The highest BCUT2D eigenvalue weighted by molar-refractivity contribution is 5.60. The molecule has 3 aromatic rings. The molecule has 0 radical (unpaired) electrons. The van der Waals surface area contributed by atoms with Gasteiger partial charge in [0.15, 0.2) is 17.2 Å². The van der Waals surface area contributed by atoms with E-state index < -0.39 is 49.1 Å². The zero-order valence-electron chi connectivity index (χ0n) is 18.0. The van der Waals surface area contributed by atoms with Crippen molar-refractivity contribution in [2.24, 2.45) is 0 Å². The second kappa shape index (κ2) is 9.02. The number of aryl methyl sites for hydroxylation is 2. The molecule has 0 saturated carbocycles. The third kappa shape index (κ3) is 4.70. The second-order valence-corrected chi connectivity index (χ2v) is 7.83. The number of nitro benzene ring substituents is 3. The summed E-state index contributed by atoms with van der Waals surface area (Å²) >= 11 is 0. The molecule has 0 unspecified atom stereocenters. The Bertz CT molecular complexity index is 1350. The summed E-state index contributed by atoms with van der Waals surface area (Å²) < 4.78 is 0. The van der Waals surface area contributed by atoms with Crippen molar-refractivity contribution in [1.29, 1.82) is 0 Å². The molecule has 0 aromatic heterocycles. The maximum absolute atomic E-state index is 11.5. The van der Waals surface area contributed by atoms with Crippen LogP contribution in [-0.2, 0) is 12.8 Å². The van der Waals surface area contributed by atoms with E-state index in [1.165, 1.54) is 30.3 Å². The number of phenols is 3. The lowest BCUT2D eigenvalue weighted by Crippen LogP contribution is -2.01. The molecule has 12 nitrogen and oxygen atoms in total. The fourth-order valence-corrected chi connectivity index (χ4v) is 3.76. The van der Waals surface area contributed by atoms with Gasteiger partial charge in [0, 0.05) is 47.7 Å². The molecule has 34 heavy (non-hydrogen) atoms. The van der Waals surface area contributed by atoms with Crippen LogP contribution in [0.5, 0.6) is 17.2 Å². The molecule has 0 spiro atoms. The van der Waals surface area contributed by atoms with Gasteiger partial charge in [-0.05, 0) is 30.5 Å². The van der Waals surface area contributed by atoms with Gasteiger partial charge in [0.25, 0.3) is 0 Å². The molecule has 3 rings (SSSR count). The zero-order chi connectivity index (χ0) is 25.3. The zero-order valence-corrected chi connectivity index (χ0v) is 18.0. The van der Waals surface area contributed by atoms with E-state index in [2.05, 4.69) is 0 Å². The first kappa shape index (κ1) is 23.9. The van der Waals surface area contributed by atoms with Gasteiger partial charge in [0.1, 0.15) is 0 Å². The van der Waals surface area contributed by atoms with E-state index >= 15 is 0 Å². The van der Waals surface area contributed by atoms with Crippen LogP contribution < -0.4 is 0 Å². The minimum absolute atomic E-state index is 0.000963. The lowest BCUT2D eigenvalue weighted by Gasteiger charge is -2.12. The molecule has 0 aliphatic heterocycles. The lowest BCUT2D eigenvalue weighted by atomic mass is 9.95. The average Bonchev–Trinajstić information content (AvgIpc) is 2.74. The monoisotopic (exact) mass is 469 g/mol. The summed E-state index contributed by atoms with van der Waals surface area (Å²) in [7, 11) is 0. The first-order chi connectivity index (χ1) is 15.9. The van der Waals surface area contributed by atoms with Gasteiger partial charge in [-0.3, -0.25) is 30.3 Å². The number of hydrogen-bond donors (Lipinski definition) is 3. The first-order valence-corrected chi connectivity index (χ1v) is 9.82. The van der Waals surface area contributed by atoms with E-state index in [1.807, 2.05) is 0 Å². The number of hydrogen-bond acceptors (Lipinski definition) is 9. The third-order valence-electron chi connectivity index (χ3n) is 5.22. The summed E-state index contributed by atoms with van der Waals surface area (Å²) in [4.78, 5) is 31.6. The Balaban J connectivity index is 2.13. The number of nitrogens with zero attached hydrogens (tertiary/aromatic N) is 3. The number of aromatic hydroxyl groups is 3. The lowest BCUT2D eigenvalue weighted by molar-refractivity contribution is -0.386. The summed E-state index contributed by atoms with van der Waals surface area (Å²) in [6.07, 6.45) is -0.406. The van der Waals surface area contributed by atoms with Crippen LogP contribution in [0.2, 0.25) is 0 Å². The third-order valence-corrected chi connectivity index (χ3v) is 5.22. The number of phenolic OH excluding ortho intramolecular Hbond substituents is 3. The van der Waals surface area contributed by atoms with Gasteiger partial charge in [-0.1, -0.05) is 18.2 Å². The van der Waals surface area contributed by atoms with Crippen molar-refractivity contribution in [2.45, 2.75) is 26.7 Å². The number of rotatable bonds is 7. The molecule has 0 fully saturated rings. The van der Waals surface area contributed by atoms with Crippen LogP contribution in [0.3, 0.4) is 0 Å². The summed E-state index contributed by atoms with van der Waals surface area (Å²) in [5, 5.41) is 65.0. The van der Waals surface area contributed by atoms with Gasteiger partial charge in [0.2, 0.25) is 0 Å². The van der Waals surface area contributed by atoms with Gasteiger partial charge in [-0.2, -0.15) is 0 Å². The van der Waals surface area contributed by atoms with Crippen molar-refractivity contribution >= 4 is 17.1 Å². The van der Waals surface area contributed by atoms with Gasteiger partial charge >= 0.3 is 17.1 Å². The van der Waals surface area contributed by atoms with Gasteiger partial charge < -0.3 is 15.3 Å². The van der Waals surface area contributed by atoms with E-state index in [0.717, 1.165) is 6.07 Å². The maximum atomic E-state index is 11.5. The van der Waals surface area contributed by atoms with E-state index in [4.69, 9.17) is 0 Å². The first-order valence-electron chi connectivity index (χ1n) is 9.82. The van der Waals surface area contributed by atoms with Crippen LogP contribution in [0, 0.1) is 44.2 Å². The molecule has 0 aliphatic rings. The molecular formula is C22H19N3O9. The highest BCUT2D eigenvalue weighted by Gasteiger charge is 2.24. The Kier molecular flexibility index (Phi) is 6.34. The molecule has 0 amide bonds. The molecule has 3 aromatic carbocycles. The van der Waals surface area contributed by atoms with Crippen LogP contribution in [-0.4, -0.2) is 30.1 Å². The predicted molar refractivity (Wildman–Crippen MR) is 119 cm³/mol. The van der Waals surface area contributed by atoms with Crippen molar-refractivity contribution in [3.63, 3.8) is 0 Å². The molecule has 176 valence electrons. The van der Waals surface area contributed by atoms with E-state index in [0.29, 0.717) is 11.1 Å². The van der Waals surface area contributed by atoms with Crippen molar-refractivity contribution in [2.75, 3.05) is 0 Å². The largest absolute Gasteiger partial charge is 0.502 e. The Labute approximate surface area is 191 Å². The molecule has 0 heterocycles. The Morgan fingerprint density at radius 1 is 0.588 bits per heavy atom. The topological polar surface area (TPSA) is 190 Å². The number of benzene rings is 3. The van der Waals surface area contributed by atoms with Crippen molar-refractivity contribution in [3.8, 4) is 17.2 Å². The standard InChI is InChI=1S/C22H19N3O9/c1-11-3-14(20(26)17(5-11)23(29)30)7-13-8-16(22(28)19(9-13)25(33)34)10-15-4-12(2)6-18(21(15)27)24(31)32/h3-6,8-9,26-28H,7,10H2,1-2H3. The Morgan fingerprint density at radius 3 is 1.35 bits per heavy atom. The normalized spacial score (nSPS) is 10.8. The molecule has 3 N–H and O–H groups in total. The summed E-state index contributed by atoms with van der Waals surface area (Å²) in [5.41, 5.74) is -0.299. The SMILES string of the molecule is Cc1cc(Cc2cc(Cc3cc(C)cc([N+](=O)[O-])c3O)c(O)c([N+](=O)[O-])c2)c(O)c([N+](=O)[O-])c1. The molecule has 0 bridgehead atoms. The summed E-state index contributed by atoms with van der Waals surface area (Å²) in [5.74, 6) is -1.90. The molecule has 0 aliphatic carbocycles. The highest BCUT2D eigenvalue weighted by Crippen LogP contribution is 2.39. The maximum Gasteiger partial charge on any atom is 0.311 e. The summed E-state index contributed by atoms with van der Waals surface area (Å²) in [6.45, 7) is 3.16. The Hall–Kier alpha value is -4.74. The highest BCUT2D eigenvalue weighted by atomic mass is 16.6. The van der Waals surface area contributed by atoms with Crippen LogP contribution in [0.1, 0.15) is 33.4 Å². The molecule has 12 heteroatoms. The smallest absolute Gasteiger partial charge is 0.311 e. The van der Waals surface area contributed by atoms with Crippen LogP contribution in [0.25, 0.3) is 0 Å². The molecule has 0 atom stereocenters. The van der Waals surface area contributed by atoms with Gasteiger partial charge in [0.05, 0.1) is 14.8 Å². The number of nitro groups is 3. The predicted octanol–water partition coefficient (Wildman–Crippen LogP) is 4.33. The van der Waals surface area contributed by atoms with Crippen LogP contribution >= 0.6 is 0 Å². The van der Waals surface area contributed by atoms with Crippen molar-refractivity contribution in [1.82, 2.24) is 0 Å². The fourth-order valence-electron chi connectivity index (χ4n) is 3.76. The molecular weight excluding hydrogens is 450 g/mol. The minimum Gasteiger partial charge on any atom is -0.502 e. The average molecular weight is 469 g/mol. The van der Waals surface area contributed by atoms with E-state index in [-0.39, 0.29) is 35.1 Å². The van der Waals surface area contributed by atoms with Crippen molar-refractivity contribution in [3.05, 3.63) is 100 Å². The minimum atomic E-state index is -0.820. The van der Waals surface area contributed by atoms with Crippen molar-refractivity contribution < 1.29 is 30.1 Å². The fraction of sp³-hybridized carbons (Fsp3) is 0.182. The van der Waals surface area contributed by atoms with E-state index in [1.54, 1.807) is 13.8 Å². The quantitative estimate of drug-likeness (QED) is 0.334. The van der Waals surface area contributed by atoms with Gasteiger partial charge in [-0.15, -0.1) is 0 Å². The van der Waals surface area contributed by atoms with E-state index in [9.17, 15) is 45.7 Å². The van der Waals surface area contributed by atoms with Gasteiger partial charge in [-0.25, -0.2) is 0 Å².